The number of carbonyl (C=O) groups is 2. The number of carboxylic acids is 1. The minimum Gasteiger partial charge on any atom is -0.480 e. The summed E-state index contributed by atoms with van der Waals surface area (Å²) >= 11 is 0. The van der Waals surface area contributed by atoms with Crippen LogP contribution in [0.3, 0.4) is 0 Å². The van der Waals surface area contributed by atoms with Crippen molar-refractivity contribution < 1.29 is 19.5 Å². The topological polar surface area (TPSA) is 106 Å². The minimum atomic E-state index is -0.988. The molecule has 0 bridgehead atoms. The number of oxime groups is 1. The summed E-state index contributed by atoms with van der Waals surface area (Å²) in [5.41, 5.74) is 2.54. The van der Waals surface area contributed by atoms with Crippen molar-refractivity contribution in [2.24, 2.45) is 11.1 Å². The molecule has 0 saturated carbocycles. The highest BCUT2D eigenvalue weighted by molar-refractivity contribution is 6.00. The van der Waals surface area contributed by atoms with E-state index in [1.165, 1.54) is 4.68 Å². The van der Waals surface area contributed by atoms with Crippen molar-refractivity contribution in [2.75, 3.05) is 5.32 Å². The van der Waals surface area contributed by atoms with Crippen LogP contribution in [0.15, 0.2) is 5.16 Å². The number of carbonyl (C=O) groups excluding carboxylic acids is 1. The van der Waals surface area contributed by atoms with E-state index in [1.54, 1.807) is 13.8 Å². The molecule has 2 heterocycles. The number of aromatic nitrogens is 2. The Bertz CT molecular complexity index is 633. The first-order valence-electron chi connectivity index (χ1n) is 7.08. The van der Waals surface area contributed by atoms with Crippen molar-refractivity contribution >= 4 is 23.3 Å². The Kier molecular flexibility index (Phi) is 4.48. The summed E-state index contributed by atoms with van der Waals surface area (Å²) in [4.78, 5) is 28.2. The number of anilines is 1. The van der Waals surface area contributed by atoms with E-state index in [-0.39, 0.29) is 18.4 Å². The summed E-state index contributed by atoms with van der Waals surface area (Å²) in [5, 5.41) is 19.7. The van der Waals surface area contributed by atoms with E-state index in [2.05, 4.69) is 15.6 Å². The van der Waals surface area contributed by atoms with Gasteiger partial charge in [-0.3, -0.25) is 14.3 Å². The third kappa shape index (κ3) is 3.26. The Balaban J connectivity index is 2.07. The lowest BCUT2D eigenvalue weighted by Gasteiger charge is -2.10. The standard InChI is InChI=1S/C14H20N4O4/c1-7(2)10-5-11(22-17-10)14(21)15-13-8(3)16-18(9(13)4)6-12(19)20/h7,11H,5-6H2,1-4H3,(H,15,21)(H,19,20). The van der Waals surface area contributed by atoms with Crippen LogP contribution in [0.5, 0.6) is 0 Å². The molecule has 1 amide bonds. The third-order valence-electron chi connectivity index (χ3n) is 3.57. The van der Waals surface area contributed by atoms with Gasteiger partial charge in [-0.15, -0.1) is 0 Å². The van der Waals surface area contributed by atoms with Crippen LogP contribution < -0.4 is 5.32 Å². The van der Waals surface area contributed by atoms with Gasteiger partial charge in [-0.25, -0.2) is 0 Å². The number of carboxylic acid groups (broad SMARTS) is 1. The van der Waals surface area contributed by atoms with Gasteiger partial charge in [-0.2, -0.15) is 5.10 Å². The maximum absolute atomic E-state index is 12.3. The fraction of sp³-hybridized carbons (Fsp3) is 0.571. The number of amides is 1. The van der Waals surface area contributed by atoms with Crippen molar-refractivity contribution in [3.8, 4) is 0 Å². The van der Waals surface area contributed by atoms with Gasteiger partial charge in [-0.1, -0.05) is 19.0 Å². The molecule has 22 heavy (non-hydrogen) atoms. The molecule has 1 aromatic heterocycles. The lowest BCUT2D eigenvalue weighted by Crippen LogP contribution is -2.29. The van der Waals surface area contributed by atoms with Crippen LogP contribution in [-0.2, 0) is 21.0 Å². The number of hydrogen-bond donors (Lipinski definition) is 2. The molecule has 1 aliphatic rings. The second kappa shape index (κ2) is 6.17. The Morgan fingerprint density at radius 3 is 2.68 bits per heavy atom. The Morgan fingerprint density at radius 2 is 2.14 bits per heavy atom. The lowest BCUT2D eigenvalue weighted by molar-refractivity contribution is -0.138. The van der Waals surface area contributed by atoms with Gasteiger partial charge in [0.2, 0.25) is 6.10 Å². The van der Waals surface area contributed by atoms with Crippen LogP contribution in [0.25, 0.3) is 0 Å². The van der Waals surface area contributed by atoms with Crippen LogP contribution in [0.4, 0.5) is 5.69 Å². The fourth-order valence-corrected chi connectivity index (χ4v) is 2.24. The Hall–Kier alpha value is -2.38. The van der Waals surface area contributed by atoms with Gasteiger partial charge in [0.25, 0.3) is 5.91 Å². The molecule has 8 heteroatoms. The molecule has 2 rings (SSSR count). The van der Waals surface area contributed by atoms with Gasteiger partial charge in [-0.05, 0) is 19.8 Å². The van der Waals surface area contributed by atoms with Gasteiger partial charge in [0.05, 0.1) is 22.8 Å². The van der Waals surface area contributed by atoms with E-state index < -0.39 is 12.1 Å². The normalized spacial score (nSPS) is 17.3. The Morgan fingerprint density at radius 1 is 1.45 bits per heavy atom. The highest BCUT2D eigenvalue weighted by Crippen LogP contribution is 2.22. The van der Waals surface area contributed by atoms with E-state index in [4.69, 9.17) is 9.94 Å². The average molecular weight is 308 g/mol. The molecule has 0 aromatic carbocycles. The van der Waals surface area contributed by atoms with Crippen LogP contribution in [-0.4, -0.2) is 38.6 Å². The van der Waals surface area contributed by atoms with Gasteiger partial charge in [0.15, 0.2) is 0 Å². The molecular formula is C14H20N4O4. The second-order valence-electron chi connectivity index (χ2n) is 5.62. The Labute approximate surface area is 128 Å². The van der Waals surface area contributed by atoms with E-state index >= 15 is 0 Å². The number of rotatable bonds is 5. The lowest BCUT2D eigenvalue weighted by atomic mass is 10.0. The molecule has 0 saturated heterocycles. The zero-order valence-corrected chi connectivity index (χ0v) is 13.1. The molecule has 0 fully saturated rings. The first kappa shape index (κ1) is 16.0. The predicted molar refractivity (Wildman–Crippen MR) is 79.7 cm³/mol. The monoisotopic (exact) mass is 308 g/mol. The molecule has 0 spiro atoms. The molecule has 1 aliphatic heterocycles. The summed E-state index contributed by atoms with van der Waals surface area (Å²) in [6.07, 6.45) is -0.191. The van der Waals surface area contributed by atoms with Crippen molar-refractivity contribution in [2.45, 2.75) is 46.8 Å². The van der Waals surface area contributed by atoms with Crippen molar-refractivity contribution in [3.63, 3.8) is 0 Å². The number of nitrogens with zero attached hydrogens (tertiary/aromatic N) is 3. The van der Waals surface area contributed by atoms with E-state index in [0.29, 0.717) is 23.5 Å². The first-order chi connectivity index (χ1) is 10.3. The summed E-state index contributed by atoms with van der Waals surface area (Å²) in [7, 11) is 0. The SMILES string of the molecule is Cc1nn(CC(=O)O)c(C)c1NC(=O)C1CC(C(C)C)=NO1. The highest BCUT2D eigenvalue weighted by Gasteiger charge is 2.30. The molecule has 1 atom stereocenters. The number of aliphatic carboxylic acids is 1. The predicted octanol–water partition coefficient (Wildman–Crippen LogP) is 1.32. The molecule has 0 aliphatic carbocycles. The fourth-order valence-electron chi connectivity index (χ4n) is 2.24. The molecule has 8 nitrogen and oxygen atoms in total. The number of hydrogen-bond acceptors (Lipinski definition) is 5. The van der Waals surface area contributed by atoms with Crippen molar-refractivity contribution in [1.82, 2.24) is 9.78 Å². The van der Waals surface area contributed by atoms with Crippen LogP contribution in [0.1, 0.15) is 31.7 Å². The largest absolute Gasteiger partial charge is 0.480 e. The first-order valence-corrected chi connectivity index (χ1v) is 7.08. The zero-order chi connectivity index (χ0) is 16.4. The minimum absolute atomic E-state index is 0.236. The van der Waals surface area contributed by atoms with Gasteiger partial charge < -0.3 is 15.3 Å². The van der Waals surface area contributed by atoms with E-state index in [0.717, 1.165) is 5.71 Å². The summed E-state index contributed by atoms with van der Waals surface area (Å²) < 4.78 is 1.35. The van der Waals surface area contributed by atoms with E-state index in [9.17, 15) is 9.59 Å². The van der Waals surface area contributed by atoms with Gasteiger partial charge in [0.1, 0.15) is 6.54 Å². The third-order valence-corrected chi connectivity index (χ3v) is 3.57. The van der Waals surface area contributed by atoms with Crippen LogP contribution >= 0.6 is 0 Å². The maximum atomic E-state index is 12.3. The summed E-state index contributed by atoms with van der Waals surface area (Å²) in [6.45, 7) is 7.17. The highest BCUT2D eigenvalue weighted by atomic mass is 16.6. The molecule has 0 radical (unpaired) electrons. The molecule has 1 unspecified atom stereocenters. The van der Waals surface area contributed by atoms with Crippen molar-refractivity contribution in [1.29, 1.82) is 0 Å². The molecule has 1 aromatic rings. The second-order valence-corrected chi connectivity index (χ2v) is 5.62. The van der Waals surface area contributed by atoms with E-state index in [1.807, 2.05) is 13.8 Å². The number of nitrogens with one attached hydrogen (secondary N) is 1. The molecule has 120 valence electrons. The quantitative estimate of drug-likeness (QED) is 0.853. The van der Waals surface area contributed by atoms with Crippen LogP contribution in [0, 0.1) is 19.8 Å². The average Bonchev–Trinajstić information content (AvgIpc) is 3.00. The number of aryl methyl sites for hydroxylation is 1. The zero-order valence-electron chi connectivity index (χ0n) is 13.1. The van der Waals surface area contributed by atoms with Gasteiger partial charge >= 0.3 is 5.97 Å². The smallest absolute Gasteiger partial charge is 0.325 e. The maximum Gasteiger partial charge on any atom is 0.325 e. The summed E-state index contributed by atoms with van der Waals surface area (Å²) in [6, 6.07) is 0. The summed E-state index contributed by atoms with van der Waals surface area (Å²) in [5.74, 6) is -1.06. The van der Waals surface area contributed by atoms with Gasteiger partial charge in [0, 0.05) is 6.42 Å². The molecule has 2 N–H and O–H groups in total. The van der Waals surface area contributed by atoms with Crippen molar-refractivity contribution in [3.05, 3.63) is 11.4 Å². The molecular weight excluding hydrogens is 288 g/mol. The van der Waals surface area contributed by atoms with Crippen LogP contribution in [0.2, 0.25) is 0 Å².